The average molecular weight is 386 g/mol. The van der Waals surface area contributed by atoms with Crippen LogP contribution in [0.15, 0.2) is 42.5 Å². The van der Waals surface area contributed by atoms with E-state index in [1.807, 2.05) is 36.4 Å². The van der Waals surface area contributed by atoms with Crippen molar-refractivity contribution in [3.05, 3.63) is 53.6 Å². The Labute approximate surface area is 167 Å². The number of ether oxygens (including phenoxy) is 3. The number of benzene rings is 2. The first-order valence-corrected chi connectivity index (χ1v) is 10.00. The van der Waals surface area contributed by atoms with E-state index in [0.717, 1.165) is 36.8 Å². The zero-order chi connectivity index (χ0) is 19.9. The molecule has 28 heavy (non-hydrogen) atoms. The number of hydrogen-bond donors (Lipinski definition) is 2. The number of aliphatic hydroxyl groups excluding tert-OH is 1. The van der Waals surface area contributed by atoms with Crippen molar-refractivity contribution in [2.24, 2.45) is 11.7 Å². The minimum atomic E-state index is -0.613. The minimum Gasteiger partial charge on any atom is -0.493 e. The molecule has 3 N–H and O–H groups in total. The summed E-state index contributed by atoms with van der Waals surface area (Å²) in [7, 11) is 3.19. The summed E-state index contributed by atoms with van der Waals surface area (Å²) in [6, 6.07) is 13.0. The lowest BCUT2D eigenvalue weighted by Gasteiger charge is -2.31. The molecule has 5 heteroatoms. The predicted molar refractivity (Wildman–Crippen MR) is 110 cm³/mol. The van der Waals surface area contributed by atoms with Crippen LogP contribution in [0.1, 0.15) is 49.3 Å². The van der Waals surface area contributed by atoms with E-state index in [-0.39, 0.29) is 5.92 Å². The number of nitrogens with two attached hydrogens (primary N) is 1. The summed E-state index contributed by atoms with van der Waals surface area (Å²) in [5.74, 6) is 1.99. The minimum absolute atomic E-state index is 0.221. The summed E-state index contributed by atoms with van der Waals surface area (Å²) in [5, 5.41) is 10.9. The largest absolute Gasteiger partial charge is 0.493 e. The van der Waals surface area contributed by atoms with Gasteiger partial charge in [-0.25, -0.2) is 0 Å². The maximum Gasteiger partial charge on any atom is 0.164 e. The van der Waals surface area contributed by atoms with Crippen LogP contribution in [-0.4, -0.2) is 25.4 Å². The van der Waals surface area contributed by atoms with Gasteiger partial charge in [-0.15, -0.1) is 0 Å². The van der Waals surface area contributed by atoms with Gasteiger partial charge >= 0.3 is 0 Å². The standard InChI is InChI=1S/C23H31NO4/c1-26-20-13-18(22(24)23(25)17-11-7-4-8-12-17)19(14-21(20)27-2)28-15-16-9-5-3-6-10-16/h3,5-6,9-10,13-14,17,22-23,25H,4,7-8,11-12,15,24H2,1-2H3/t22-,23+/m1/s1. The van der Waals surface area contributed by atoms with Crippen molar-refractivity contribution in [3.63, 3.8) is 0 Å². The molecule has 0 aliphatic heterocycles. The molecule has 152 valence electrons. The third kappa shape index (κ3) is 4.78. The molecule has 1 aliphatic carbocycles. The summed E-state index contributed by atoms with van der Waals surface area (Å²) < 4.78 is 17.0. The van der Waals surface area contributed by atoms with Crippen molar-refractivity contribution >= 4 is 0 Å². The van der Waals surface area contributed by atoms with Crippen LogP contribution < -0.4 is 19.9 Å². The molecule has 1 aliphatic rings. The summed E-state index contributed by atoms with van der Waals surface area (Å²) >= 11 is 0. The van der Waals surface area contributed by atoms with E-state index < -0.39 is 12.1 Å². The van der Waals surface area contributed by atoms with E-state index in [0.29, 0.717) is 23.9 Å². The molecule has 0 radical (unpaired) electrons. The van der Waals surface area contributed by atoms with Gasteiger partial charge in [0.05, 0.1) is 26.4 Å². The van der Waals surface area contributed by atoms with Gasteiger partial charge < -0.3 is 25.1 Å². The molecule has 0 amide bonds. The van der Waals surface area contributed by atoms with E-state index in [9.17, 15) is 5.11 Å². The molecule has 0 unspecified atom stereocenters. The van der Waals surface area contributed by atoms with Gasteiger partial charge in [-0.05, 0) is 30.4 Å². The van der Waals surface area contributed by atoms with Crippen molar-refractivity contribution in [2.45, 2.75) is 50.9 Å². The molecule has 0 spiro atoms. The monoisotopic (exact) mass is 385 g/mol. The summed E-state index contributed by atoms with van der Waals surface area (Å²) in [4.78, 5) is 0. The molecule has 2 atom stereocenters. The number of hydrogen-bond acceptors (Lipinski definition) is 5. The topological polar surface area (TPSA) is 73.9 Å². The highest BCUT2D eigenvalue weighted by Gasteiger charge is 2.30. The molecule has 2 aromatic carbocycles. The van der Waals surface area contributed by atoms with Crippen LogP contribution in [0.2, 0.25) is 0 Å². The Morgan fingerprint density at radius 1 is 0.964 bits per heavy atom. The highest BCUT2D eigenvalue weighted by atomic mass is 16.5. The lowest BCUT2D eigenvalue weighted by molar-refractivity contribution is 0.0607. The van der Waals surface area contributed by atoms with Crippen molar-refractivity contribution < 1.29 is 19.3 Å². The van der Waals surface area contributed by atoms with Crippen LogP contribution in [0.5, 0.6) is 17.2 Å². The second-order valence-corrected chi connectivity index (χ2v) is 7.43. The molecule has 0 heterocycles. The Kier molecular flexibility index (Phi) is 7.18. The zero-order valence-corrected chi connectivity index (χ0v) is 16.8. The van der Waals surface area contributed by atoms with Crippen molar-refractivity contribution in [1.29, 1.82) is 0 Å². The van der Waals surface area contributed by atoms with E-state index in [4.69, 9.17) is 19.9 Å². The lowest BCUT2D eigenvalue weighted by atomic mass is 9.81. The fraction of sp³-hybridized carbons (Fsp3) is 0.478. The van der Waals surface area contributed by atoms with Gasteiger partial charge in [-0.2, -0.15) is 0 Å². The molecule has 3 rings (SSSR count). The fourth-order valence-electron chi connectivity index (χ4n) is 3.95. The van der Waals surface area contributed by atoms with E-state index in [1.165, 1.54) is 6.42 Å². The molecular weight excluding hydrogens is 354 g/mol. The quantitative estimate of drug-likeness (QED) is 0.712. The van der Waals surface area contributed by atoms with Crippen LogP contribution in [0, 0.1) is 5.92 Å². The van der Waals surface area contributed by atoms with Gasteiger partial charge in [-0.3, -0.25) is 0 Å². The normalized spacial score (nSPS) is 17.0. The van der Waals surface area contributed by atoms with Gasteiger partial charge in [0.15, 0.2) is 11.5 Å². The first-order chi connectivity index (χ1) is 13.6. The first kappa shape index (κ1) is 20.5. The molecule has 1 fully saturated rings. The molecule has 2 aromatic rings. The molecule has 0 saturated heterocycles. The molecule has 1 saturated carbocycles. The molecule has 5 nitrogen and oxygen atoms in total. The second kappa shape index (κ2) is 9.80. The van der Waals surface area contributed by atoms with Crippen molar-refractivity contribution in [2.75, 3.05) is 14.2 Å². The van der Waals surface area contributed by atoms with E-state index >= 15 is 0 Å². The Morgan fingerprint density at radius 3 is 2.25 bits per heavy atom. The Bertz CT molecular complexity index is 744. The third-order valence-corrected chi connectivity index (χ3v) is 5.61. The van der Waals surface area contributed by atoms with Gasteiger partial charge in [0, 0.05) is 11.6 Å². The Hall–Kier alpha value is -2.24. The van der Waals surface area contributed by atoms with E-state index in [2.05, 4.69) is 0 Å². The van der Waals surface area contributed by atoms with Crippen LogP contribution in [0.25, 0.3) is 0 Å². The smallest absolute Gasteiger partial charge is 0.164 e. The summed E-state index contributed by atoms with van der Waals surface area (Å²) in [5.41, 5.74) is 8.33. The third-order valence-electron chi connectivity index (χ3n) is 5.61. The first-order valence-electron chi connectivity index (χ1n) is 10.00. The van der Waals surface area contributed by atoms with Crippen molar-refractivity contribution in [1.82, 2.24) is 0 Å². The van der Waals surface area contributed by atoms with Crippen LogP contribution >= 0.6 is 0 Å². The second-order valence-electron chi connectivity index (χ2n) is 7.43. The van der Waals surface area contributed by atoms with E-state index in [1.54, 1.807) is 20.3 Å². The lowest BCUT2D eigenvalue weighted by Crippen LogP contribution is -2.34. The Balaban J connectivity index is 1.87. The SMILES string of the molecule is COc1cc(OCc2ccccc2)c([C@@H](N)[C@@H](O)C2CCCCC2)cc1OC. The molecular formula is C23H31NO4. The summed E-state index contributed by atoms with van der Waals surface area (Å²) in [6.07, 6.45) is 4.96. The zero-order valence-electron chi connectivity index (χ0n) is 16.8. The van der Waals surface area contributed by atoms with Crippen LogP contribution in [-0.2, 0) is 6.61 Å². The average Bonchev–Trinajstić information content (AvgIpc) is 2.77. The molecule has 0 aromatic heterocycles. The van der Waals surface area contributed by atoms with Crippen molar-refractivity contribution in [3.8, 4) is 17.2 Å². The number of methoxy groups -OCH3 is 2. The Morgan fingerprint density at radius 2 is 1.61 bits per heavy atom. The van der Waals surface area contributed by atoms with Gasteiger partial charge in [0.25, 0.3) is 0 Å². The fourth-order valence-corrected chi connectivity index (χ4v) is 3.95. The summed E-state index contributed by atoms with van der Waals surface area (Å²) in [6.45, 7) is 0.412. The van der Waals surface area contributed by atoms with Crippen LogP contribution in [0.4, 0.5) is 0 Å². The maximum atomic E-state index is 10.9. The van der Waals surface area contributed by atoms with Gasteiger partial charge in [0.2, 0.25) is 0 Å². The molecule has 0 bridgehead atoms. The maximum absolute atomic E-state index is 10.9. The van der Waals surface area contributed by atoms with Gasteiger partial charge in [0.1, 0.15) is 12.4 Å². The highest BCUT2D eigenvalue weighted by molar-refractivity contribution is 5.52. The van der Waals surface area contributed by atoms with Gasteiger partial charge in [-0.1, -0.05) is 49.6 Å². The van der Waals surface area contributed by atoms with Crippen LogP contribution in [0.3, 0.4) is 0 Å². The number of aliphatic hydroxyl groups is 1. The number of rotatable bonds is 8. The predicted octanol–water partition coefficient (Wildman–Crippen LogP) is 4.22. The highest BCUT2D eigenvalue weighted by Crippen LogP contribution is 2.40.